The molecule has 0 radical (unpaired) electrons. The number of aliphatic hydroxyl groups excluding tert-OH is 1. The minimum Gasteiger partial charge on any atom is -0.497 e. The Morgan fingerprint density at radius 2 is 1.79 bits per heavy atom. The standard InChI is InChI=1S/C18H23N5O5/c1-19-17-20-15-14(16(25)22(3)18(26)21(15)2)23(17)9-11(24)10-28-13-7-5-12(27-4)6-8-13/h5-8,11,24H,9-10H2,1-4H3,(H,19,20)/t11-/m1/s1. The lowest BCUT2D eigenvalue weighted by Crippen LogP contribution is -2.38. The van der Waals surface area contributed by atoms with E-state index < -0.39 is 17.4 Å². The van der Waals surface area contributed by atoms with E-state index in [9.17, 15) is 14.7 Å². The van der Waals surface area contributed by atoms with Gasteiger partial charge < -0.3 is 24.5 Å². The van der Waals surface area contributed by atoms with E-state index in [2.05, 4.69) is 10.3 Å². The number of aromatic nitrogens is 4. The quantitative estimate of drug-likeness (QED) is 0.581. The molecule has 1 atom stereocenters. The van der Waals surface area contributed by atoms with Crippen molar-refractivity contribution < 1.29 is 14.6 Å². The Labute approximate surface area is 160 Å². The first-order chi connectivity index (χ1) is 13.4. The van der Waals surface area contributed by atoms with E-state index in [0.29, 0.717) is 17.4 Å². The molecule has 10 heteroatoms. The summed E-state index contributed by atoms with van der Waals surface area (Å²) >= 11 is 0. The lowest BCUT2D eigenvalue weighted by atomic mass is 10.3. The van der Waals surface area contributed by atoms with Crippen LogP contribution in [0.15, 0.2) is 33.9 Å². The molecule has 3 aromatic rings. The zero-order valence-corrected chi connectivity index (χ0v) is 16.2. The number of nitrogens with zero attached hydrogens (tertiary/aromatic N) is 4. The molecule has 28 heavy (non-hydrogen) atoms. The van der Waals surface area contributed by atoms with Crippen LogP contribution in [0.4, 0.5) is 5.95 Å². The highest BCUT2D eigenvalue weighted by Crippen LogP contribution is 2.18. The number of imidazole rings is 1. The maximum absolute atomic E-state index is 12.6. The Hall–Kier alpha value is -3.27. The largest absolute Gasteiger partial charge is 0.497 e. The van der Waals surface area contributed by atoms with E-state index in [-0.39, 0.29) is 24.3 Å². The maximum Gasteiger partial charge on any atom is 0.332 e. The number of rotatable bonds is 7. The van der Waals surface area contributed by atoms with E-state index in [1.807, 2.05) is 0 Å². The average molecular weight is 389 g/mol. The van der Waals surface area contributed by atoms with Crippen LogP contribution in [0.25, 0.3) is 11.2 Å². The van der Waals surface area contributed by atoms with Gasteiger partial charge in [-0.15, -0.1) is 0 Å². The van der Waals surface area contributed by atoms with Gasteiger partial charge in [-0.2, -0.15) is 4.98 Å². The Balaban J connectivity index is 1.86. The summed E-state index contributed by atoms with van der Waals surface area (Å²) < 4.78 is 14.6. The van der Waals surface area contributed by atoms with Crippen LogP contribution in [-0.4, -0.2) is 50.7 Å². The van der Waals surface area contributed by atoms with Crippen LogP contribution in [0.5, 0.6) is 11.5 Å². The van der Waals surface area contributed by atoms with Crippen molar-refractivity contribution in [3.63, 3.8) is 0 Å². The number of hydrogen-bond donors (Lipinski definition) is 2. The average Bonchev–Trinajstić information content (AvgIpc) is 3.07. The molecule has 3 rings (SSSR count). The number of nitrogens with one attached hydrogen (secondary N) is 1. The molecule has 0 saturated heterocycles. The molecule has 0 aliphatic carbocycles. The summed E-state index contributed by atoms with van der Waals surface area (Å²) in [6.07, 6.45) is -0.909. The van der Waals surface area contributed by atoms with Gasteiger partial charge in [-0.05, 0) is 24.3 Å². The van der Waals surface area contributed by atoms with E-state index in [4.69, 9.17) is 9.47 Å². The highest BCUT2D eigenvalue weighted by Gasteiger charge is 2.20. The smallest absolute Gasteiger partial charge is 0.332 e. The maximum atomic E-state index is 12.6. The third kappa shape index (κ3) is 3.46. The molecule has 0 bridgehead atoms. The number of hydrogen-bond acceptors (Lipinski definition) is 7. The molecule has 0 aliphatic rings. The van der Waals surface area contributed by atoms with Crippen LogP contribution in [0.2, 0.25) is 0 Å². The molecule has 150 valence electrons. The fourth-order valence-electron chi connectivity index (χ4n) is 2.94. The lowest BCUT2D eigenvalue weighted by Gasteiger charge is -2.15. The first kappa shape index (κ1) is 19.5. The summed E-state index contributed by atoms with van der Waals surface area (Å²) in [5.74, 6) is 1.66. The third-order valence-corrected chi connectivity index (χ3v) is 4.47. The van der Waals surface area contributed by atoms with Gasteiger partial charge in [0.25, 0.3) is 5.56 Å². The van der Waals surface area contributed by atoms with E-state index in [1.165, 1.54) is 11.6 Å². The summed E-state index contributed by atoms with van der Waals surface area (Å²) in [6, 6.07) is 6.99. The number of aliphatic hydroxyl groups is 1. The second kappa shape index (κ2) is 7.77. The minimum atomic E-state index is -0.909. The molecule has 0 aliphatic heterocycles. The van der Waals surface area contributed by atoms with Crippen molar-refractivity contribution in [1.29, 1.82) is 0 Å². The molecule has 2 heterocycles. The monoisotopic (exact) mass is 389 g/mol. The molecule has 2 N–H and O–H groups in total. The Kier molecular flexibility index (Phi) is 5.41. The van der Waals surface area contributed by atoms with Gasteiger partial charge in [0.1, 0.15) is 24.2 Å². The number of aryl methyl sites for hydroxylation is 1. The number of ether oxygens (including phenoxy) is 2. The first-order valence-electron chi connectivity index (χ1n) is 8.66. The molecular weight excluding hydrogens is 366 g/mol. The van der Waals surface area contributed by atoms with Crippen LogP contribution >= 0.6 is 0 Å². The van der Waals surface area contributed by atoms with Crippen molar-refractivity contribution in [1.82, 2.24) is 18.7 Å². The normalized spacial score (nSPS) is 12.2. The van der Waals surface area contributed by atoms with Gasteiger partial charge in [0.15, 0.2) is 11.2 Å². The molecule has 10 nitrogen and oxygen atoms in total. The van der Waals surface area contributed by atoms with Crippen molar-refractivity contribution in [3.05, 3.63) is 45.1 Å². The van der Waals surface area contributed by atoms with Gasteiger partial charge in [-0.3, -0.25) is 13.9 Å². The van der Waals surface area contributed by atoms with Crippen molar-refractivity contribution >= 4 is 17.1 Å². The van der Waals surface area contributed by atoms with E-state index in [0.717, 1.165) is 4.57 Å². The van der Waals surface area contributed by atoms with Crippen LogP contribution in [0.1, 0.15) is 0 Å². The number of anilines is 1. The highest BCUT2D eigenvalue weighted by atomic mass is 16.5. The van der Waals surface area contributed by atoms with Gasteiger partial charge in [-0.25, -0.2) is 4.79 Å². The minimum absolute atomic E-state index is 0.0151. The van der Waals surface area contributed by atoms with Crippen LogP contribution in [0.3, 0.4) is 0 Å². The van der Waals surface area contributed by atoms with Crippen molar-refractivity contribution in [2.45, 2.75) is 12.6 Å². The second-order valence-corrected chi connectivity index (χ2v) is 6.31. The topological polar surface area (TPSA) is 113 Å². The second-order valence-electron chi connectivity index (χ2n) is 6.31. The molecule has 2 aromatic heterocycles. The molecule has 0 amide bonds. The summed E-state index contributed by atoms with van der Waals surface area (Å²) in [7, 11) is 6.18. The highest BCUT2D eigenvalue weighted by molar-refractivity contribution is 5.74. The fraction of sp³-hybridized carbons (Fsp3) is 0.389. The van der Waals surface area contributed by atoms with E-state index >= 15 is 0 Å². The zero-order chi connectivity index (χ0) is 20.4. The summed E-state index contributed by atoms with van der Waals surface area (Å²) in [6.45, 7) is 0.0809. The number of benzene rings is 1. The van der Waals surface area contributed by atoms with Crippen LogP contribution in [-0.2, 0) is 20.6 Å². The molecule has 1 aromatic carbocycles. The fourth-order valence-corrected chi connectivity index (χ4v) is 2.94. The number of methoxy groups -OCH3 is 1. The van der Waals surface area contributed by atoms with Crippen molar-refractivity contribution in [2.75, 3.05) is 26.1 Å². The van der Waals surface area contributed by atoms with Gasteiger partial charge in [0.05, 0.1) is 13.7 Å². The lowest BCUT2D eigenvalue weighted by molar-refractivity contribution is 0.0938. The SMILES string of the molecule is CNc1nc2c(c(=O)n(C)c(=O)n2C)n1C[C@@H](O)COc1ccc(OC)cc1. The molecule has 0 saturated carbocycles. The Morgan fingerprint density at radius 3 is 2.39 bits per heavy atom. The summed E-state index contributed by atoms with van der Waals surface area (Å²) in [4.78, 5) is 29.0. The van der Waals surface area contributed by atoms with E-state index in [1.54, 1.807) is 50.0 Å². The molecule has 0 fully saturated rings. The van der Waals surface area contributed by atoms with Gasteiger partial charge in [0, 0.05) is 21.1 Å². The van der Waals surface area contributed by atoms with Crippen molar-refractivity contribution in [3.8, 4) is 11.5 Å². The molecule has 0 unspecified atom stereocenters. The van der Waals surface area contributed by atoms with Crippen LogP contribution in [0, 0.1) is 0 Å². The predicted octanol–water partition coefficient (Wildman–Crippen LogP) is -0.0761. The Morgan fingerprint density at radius 1 is 1.14 bits per heavy atom. The van der Waals surface area contributed by atoms with Crippen molar-refractivity contribution in [2.24, 2.45) is 14.1 Å². The molecule has 0 spiro atoms. The van der Waals surface area contributed by atoms with Crippen LogP contribution < -0.4 is 26.0 Å². The van der Waals surface area contributed by atoms with Gasteiger partial charge in [-0.1, -0.05) is 0 Å². The molecular formula is C18H23N5O5. The zero-order valence-electron chi connectivity index (χ0n) is 16.2. The Bertz CT molecular complexity index is 1100. The van der Waals surface area contributed by atoms with Gasteiger partial charge in [0.2, 0.25) is 5.95 Å². The summed E-state index contributed by atoms with van der Waals surface area (Å²) in [5, 5.41) is 13.3. The summed E-state index contributed by atoms with van der Waals surface area (Å²) in [5.41, 5.74) is -0.457. The first-order valence-corrected chi connectivity index (χ1v) is 8.66. The van der Waals surface area contributed by atoms with Gasteiger partial charge >= 0.3 is 5.69 Å². The number of fused-ring (bicyclic) bond motifs is 1. The predicted molar refractivity (Wildman–Crippen MR) is 104 cm³/mol. The third-order valence-electron chi connectivity index (χ3n) is 4.47.